The first kappa shape index (κ1) is 77.1. The van der Waals surface area contributed by atoms with Gasteiger partial charge in [0.1, 0.15) is 49.3 Å². The summed E-state index contributed by atoms with van der Waals surface area (Å²) in [5, 5.41) is 23.8. The van der Waals surface area contributed by atoms with E-state index in [9.17, 15) is 19.8 Å². The van der Waals surface area contributed by atoms with E-state index in [1.54, 1.807) is 41.4 Å². The third kappa shape index (κ3) is 15.2. The number of rotatable bonds is 20. The second kappa shape index (κ2) is 31.7. The van der Waals surface area contributed by atoms with Gasteiger partial charge in [0.05, 0.1) is 98.2 Å². The Hall–Kier alpha value is -2.50. The van der Waals surface area contributed by atoms with Crippen LogP contribution in [0.4, 0.5) is 0 Å². The summed E-state index contributed by atoms with van der Waals surface area (Å²) in [5.74, 6) is -0.530. The maximum absolute atomic E-state index is 13.1. The Balaban J connectivity index is 0.598. The van der Waals surface area contributed by atoms with Gasteiger partial charge in [-0.05, 0) is 136 Å². The van der Waals surface area contributed by atoms with Gasteiger partial charge in [-0.3, -0.25) is 9.59 Å². The van der Waals surface area contributed by atoms with Crippen LogP contribution in [0.5, 0.6) is 0 Å². The van der Waals surface area contributed by atoms with Crippen molar-refractivity contribution in [2.24, 2.45) is 28.6 Å². The molecular formula is C73H116O27. The number of allylic oxidation sites excluding steroid dienone is 1. The third-order valence-electron chi connectivity index (χ3n) is 25.1. The van der Waals surface area contributed by atoms with Crippen molar-refractivity contribution in [2.75, 3.05) is 56.1 Å². The molecule has 10 fully saturated rings. The number of hydrogen-bond donors (Lipinski definition) is 2. The van der Waals surface area contributed by atoms with Crippen molar-refractivity contribution in [3.8, 4) is 0 Å². The van der Waals surface area contributed by atoms with E-state index in [1.807, 2.05) is 48.5 Å². The van der Waals surface area contributed by atoms with Crippen molar-refractivity contribution in [2.45, 2.75) is 343 Å². The van der Waals surface area contributed by atoms with Crippen LogP contribution in [0.25, 0.3) is 0 Å². The first-order valence-electron chi connectivity index (χ1n) is 36.8. The Morgan fingerprint density at radius 1 is 0.620 bits per heavy atom. The molecule has 0 bridgehead atoms. The predicted octanol–water partition coefficient (Wildman–Crippen LogP) is 6.77. The highest BCUT2D eigenvalue weighted by Crippen LogP contribution is 2.68. The zero-order valence-corrected chi connectivity index (χ0v) is 61.8. The molecule has 0 unspecified atom stereocenters. The van der Waals surface area contributed by atoms with Crippen LogP contribution in [0.15, 0.2) is 23.5 Å². The standard InChI is InChI=1S/C73H116O27/c1-35-26-49(78-12)60(76)68(87-35)95-45-20-23-70(10)44(27-45)18-19-46-47(70)21-24-71(11)48(46)22-25-73(71,77)42(8)93-55-31-53-61(37(3)88-55)84-33-72(86-34-85-53)32-54(82-16)65(41(7)100-72)98-58-29-51(80-14)63(39(5)90-58)96-56-28-50(79-13)62(38(4)89-56)97-57-30-52(81-15)64(40(6)91-57)99-69-67(94-43(9)74)66(83-17)59(75)36(2)92-69/h18,26,35-42,45-48,50-59,61-69,75,77H,19-25,27-34H2,1-17H3/t35-,36-,37-,38-,39-,40-,41-,42+,45+,46-,47+,48-,50+,51+,52+,53-,54-,55+,56+,57+,58+,59+,61-,62-,63-,64-,65-,66+,67-,68+,69+,70+,71+,72+,73+/m1/s1. The average Bonchev–Trinajstić information content (AvgIpc) is 1.48. The molecule has 570 valence electrons. The van der Waals surface area contributed by atoms with E-state index in [0.717, 1.165) is 44.9 Å². The van der Waals surface area contributed by atoms with Gasteiger partial charge >= 0.3 is 5.97 Å². The summed E-state index contributed by atoms with van der Waals surface area (Å²) in [6, 6.07) is 0. The molecular weight excluding hydrogens is 1310 g/mol. The highest BCUT2D eigenvalue weighted by atomic mass is 16.8. The first-order valence-corrected chi connectivity index (χ1v) is 36.8. The van der Waals surface area contributed by atoms with Gasteiger partial charge in [0.2, 0.25) is 6.29 Å². The Bertz CT molecular complexity index is 2810. The molecule has 27 heteroatoms. The van der Waals surface area contributed by atoms with Crippen LogP contribution in [-0.4, -0.2) is 261 Å². The number of carbonyl (C=O) groups is 2. The lowest BCUT2D eigenvalue weighted by molar-refractivity contribution is -0.396. The number of aliphatic hydroxyl groups excluding tert-OH is 1. The van der Waals surface area contributed by atoms with Crippen molar-refractivity contribution in [3.05, 3.63) is 23.5 Å². The Labute approximate surface area is 589 Å². The van der Waals surface area contributed by atoms with Gasteiger partial charge in [-0.15, -0.1) is 0 Å². The van der Waals surface area contributed by atoms with Gasteiger partial charge in [0.15, 0.2) is 55.9 Å². The van der Waals surface area contributed by atoms with Gasteiger partial charge in [-0.2, -0.15) is 0 Å². The Kier molecular flexibility index (Phi) is 24.5. The first-order chi connectivity index (χ1) is 47.7. The molecule has 0 aromatic heterocycles. The molecule has 1 spiro atoms. The van der Waals surface area contributed by atoms with Gasteiger partial charge in [0.25, 0.3) is 5.78 Å². The third-order valence-corrected chi connectivity index (χ3v) is 25.1. The lowest BCUT2D eigenvalue weighted by atomic mass is 9.46. The molecule has 0 amide bonds. The predicted molar refractivity (Wildman–Crippen MR) is 350 cm³/mol. The number of carbonyl (C=O) groups excluding carboxylic acids is 2. The van der Waals surface area contributed by atoms with Crippen LogP contribution in [0.2, 0.25) is 0 Å². The fraction of sp³-hybridized carbons (Fsp3) is 0.918. The quantitative estimate of drug-likeness (QED) is 0.0939. The van der Waals surface area contributed by atoms with Crippen molar-refractivity contribution in [1.82, 2.24) is 0 Å². The number of Topliss-reactive ketones (excluding diaryl/α,β-unsaturated/α-hetero) is 1. The lowest BCUT2D eigenvalue weighted by Gasteiger charge is -2.59. The summed E-state index contributed by atoms with van der Waals surface area (Å²) in [6.07, 6.45) is -4.38. The number of methoxy groups -OCH3 is 6. The number of hydrogen-bond acceptors (Lipinski definition) is 27. The minimum Gasteiger partial charge on any atom is -0.493 e. The van der Waals surface area contributed by atoms with Crippen molar-refractivity contribution in [1.29, 1.82) is 0 Å². The highest BCUT2D eigenvalue weighted by molar-refractivity contribution is 5.96. The van der Waals surface area contributed by atoms with Crippen LogP contribution >= 0.6 is 0 Å². The molecule has 8 heterocycles. The zero-order valence-electron chi connectivity index (χ0n) is 61.8. The van der Waals surface area contributed by atoms with Gasteiger partial charge in [0, 0.05) is 80.0 Å². The van der Waals surface area contributed by atoms with Crippen molar-refractivity contribution in [3.63, 3.8) is 0 Å². The van der Waals surface area contributed by atoms with Crippen LogP contribution < -0.4 is 0 Å². The SMILES string of the molecule is COC1=C[C@@H](C)O[C@@H](O[C@H]2CC[C@@]3(C)C(=CC[C@H]4[C@H]5CC[C@](O)([C@H](C)O[C@H]6C[C@H]7OCO[C@@]8(CO[C@@H]7[C@@H](C)O6)C[C@@H](OC)[C@H](O[C@H]6C[C@H](OC)[C@H](O[C@H]7C[C@H](OC)[C@H](O[C@H]9C[C@H](OC)[C@H](O[C@@H]%10O[C@H](C)[C@H](O)[C@H](OC)[C@H]%10OC(C)=O)[C@@H](C)O9)[C@@H](C)O7)[C@@H](C)O6)[C@@H](C)O8)[C@@]5(C)CC[C@@H]43)C2)C1=O. The second-order valence-electron chi connectivity index (χ2n) is 30.9. The van der Waals surface area contributed by atoms with E-state index >= 15 is 0 Å². The van der Waals surface area contributed by atoms with Gasteiger partial charge in [-0.1, -0.05) is 25.5 Å². The van der Waals surface area contributed by atoms with Crippen LogP contribution in [0.1, 0.15) is 160 Å². The maximum Gasteiger partial charge on any atom is 0.303 e. The molecule has 4 aliphatic carbocycles. The van der Waals surface area contributed by atoms with Crippen molar-refractivity contribution >= 4 is 11.8 Å². The molecule has 27 nitrogen and oxygen atoms in total. The smallest absolute Gasteiger partial charge is 0.303 e. The van der Waals surface area contributed by atoms with E-state index in [1.165, 1.54) is 26.7 Å². The lowest BCUT2D eigenvalue weighted by Crippen LogP contribution is -2.62. The monoisotopic (exact) mass is 1420 g/mol. The number of esters is 1. The van der Waals surface area contributed by atoms with Crippen LogP contribution in [0.3, 0.4) is 0 Å². The largest absolute Gasteiger partial charge is 0.493 e. The maximum atomic E-state index is 13.1. The van der Waals surface area contributed by atoms with E-state index in [4.69, 9.17) is 109 Å². The molecule has 7 saturated heterocycles. The zero-order chi connectivity index (χ0) is 71.5. The number of fused-ring (bicyclic) bond motifs is 6. The normalized spacial score (nSPS) is 50.3. The molecule has 0 aromatic rings. The van der Waals surface area contributed by atoms with Gasteiger partial charge in [-0.25, -0.2) is 0 Å². The fourth-order valence-corrected chi connectivity index (χ4v) is 19.6. The van der Waals surface area contributed by atoms with Crippen LogP contribution in [0, 0.1) is 28.6 Å². The summed E-state index contributed by atoms with van der Waals surface area (Å²) in [4.78, 5) is 25.2. The molecule has 2 N–H and O–H groups in total. The van der Waals surface area contributed by atoms with E-state index in [2.05, 4.69) is 19.9 Å². The Morgan fingerprint density at radius 3 is 1.80 bits per heavy atom. The summed E-state index contributed by atoms with van der Waals surface area (Å²) >= 11 is 0. The summed E-state index contributed by atoms with van der Waals surface area (Å²) in [7, 11) is 9.42. The van der Waals surface area contributed by atoms with Crippen molar-refractivity contribution < 1.29 is 129 Å². The second-order valence-corrected chi connectivity index (χ2v) is 30.9. The molecule has 3 saturated carbocycles. The van der Waals surface area contributed by atoms with E-state index in [-0.39, 0.29) is 55.1 Å². The van der Waals surface area contributed by atoms with Crippen LogP contribution in [-0.2, 0) is 119 Å². The molecule has 12 aliphatic rings. The minimum atomic E-state index is -1.23. The molecule has 0 aromatic carbocycles. The molecule has 35 atom stereocenters. The number of ketones is 1. The molecule has 8 aliphatic heterocycles. The fourth-order valence-electron chi connectivity index (χ4n) is 19.6. The average molecular weight is 1430 g/mol. The van der Waals surface area contributed by atoms with E-state index in [0.29, 0.717) is 49.2 Å². The Morgan fingerprint density at radius 2 is 1.21 bits per heavy atom. The topological polar surface area (TPSA) is 287 Å². The molecule has 100 heavy (non-hydrogen) atoms. The number of ether oxygens (including phenoxy) is 23. The minimum absolute atomic E-state index is 0.0203. The molecule has 0 radical (unpaired) electrons. The molecule has 12 rings (SSSR count). The van der Waals surface area contributed by atoms with Gasteiger partial charge < -0.3 is 119 Å². The summed E-state index contributed by atoms with van der Waals surface area (Å²) in [5.41, 5.74) is 0.0208. The highest BCUT2D eigenvalue weighted by Gasteiger charge is 2.66. The van der Waals surface area contributed by atoms with E-state index < -0.39 is 177 Å². The number of aliphatic hydroxyl groups is 2. The summed E-state index contributed by atoms with van der Waals surface area (Å²) in [6.45, 7) is 21.2. The summed E-state index contributed by atoms with van der Waals surface area (Å²) < 4.78 is 145.